The predicted molar refractivity (Wildman–Crippen MR) is 140 cm³/mol. The monoisotopic (exact) mass is 503 g/mol. The quantitative estimate of drug-likeness (QED) is 0.437. The van der Waals surface area contributed by atoms with Crippen LogP contribution in [-0.2, 0) is 4.79 Å². The van der Waals surface area contributed by atoms with Gasteiger partial charge in [0.15, 0.2) is 5.82 Å². The van der Waals surface area contributed by atoms with Crippen molar-refractivity contribution in [2.24, 2.45) is 0 Å². The van der Waals surface area contributed by atoms with E-state index in [9.17, 15) is 14.0 Å². The normalized spacial score (nSPS) is 13.6. The second-order valence-electron chi connectivity index (χ2n) is 8.68. The lowest BCUT2D eigenvalue weighted by Gasteiger charge is -2.26. The molecule has 2 amide bonds. The van der Waals surface area contributed by atoms with Gasteiger partial charge in [-0.1, -0.05) is 30.3 Å². The van der Waals surface area contributed by atoms with Crippen molar-refractivity contribution in [3.05, 3.63) is 84.7 Å². The minimum atomic E-state index is -0.613. The molecule has 8 nitrogen and oxygen atoms in total. The molecule has 0 bridgehead atoms. The maximum Gasteiger partial charge on any atom is 0.257 e. The molecule has 4 rings (SSSR count). The summed E-state index contributed by atoms with van der Waals surface area (Å²) in [7, 11) is 1.62. The number of rotatable bonds is 8. The van der Waals surface area contributed by atoms with Crippen molar-refractivity contribution in [1.29, 1.82) is 0 Å². The molecule has 2 aromatic carbocycles. The van der Waals surface area contributed by atoms with Gasteiger partial charge < -0.3 is 19.4 Å². The van der Waals surface area contributed by atoms with Crippen LogP contribution >= 0.6 is 0 Å². The molecule has 1 fully saturated rings. The number of methoxy groups -OCH3 is 1. The van der Waals surface area contributed by atoms with Crippen LogP contribution < -0.4 is 9.64 Å². The van der Waals surface area contributed by atoms with E-state index < -0.39 is 11.7 Å². The van der Waals surface area contributed by atoms with Gasteiger partial charge in [-0.05, 0) is 42.8 Å². The number of carbonyl (C=O) groups is 2. The number of carbonyl (C=O) groups excluding carboxylic acids is 2. The van der Waals surface area contributed by atoms with E-state index in [0.29, 0.717) is 19.6 Å². The number of hydrogen-bond acceptors (Lipinski definition) is 6. The molecule has 1 saturated heterocycles. The molecule has 37 heavy (non-hydrogen) atoms. The van der Waals surface area contributed by atoms with Crippen LogP contribution in [0.25, 0.3) is 11.3 Å². The number of benzene rings is 2. The number of hydrogen-bond donors (Lipinski definition) is 0. The molecule has 1 aliphatic heterocycles. The van der Waals surface area contributed by atoms with Crippen molar-refractivity contribution in [3.63, 3.8) is 0 Å². The Bertz CT molecular complexity index is 1250. The number of aromatic nitrogens is 2. The Labute approximate surface area is 216 Å². The van der Waals surface area contributed by atoms with Gasteiger partial charge in [-0.25, -0.2) is 4.39 Å². The maximum absolute atomic E-state index is 14.2. The van der Waals surface area contributed by atoms with E-state index in [-0.39, 0.29) is 24.6 Å². The summed E-state index contributed by atoms with van der Waals surface area (Å²) in [6.45, 7) is 6.02. The van der Waals surface area contributed by atoms with Gasteiger partial charge in [-0.3, -0.25) is 9.59 Å². The van der Waals surface area contributed by atoms with Crippen molar-refractivity contribution in [2.75, 3.05) is 51.3 Å². The van der Waals surface area contributed by atoms with Crippen molar-refractivity contribution < 1.29 is 18.7 Å². The Hall–Kier alpha value is -4.27. The molecule has 0 saturated carbocycles. The van der Waals surface area contributed by atoms with Crippen molar-refractivity contribution >= 4 is 17.6 Å². The fraction of sp³-hybridized carbons (Fsp3) is 0.286. The van der Waals surface area contributed by atoms with E-state index in [2.05, 4.69) is 21.7 Å². The molecule has 1 aromatic heterocycles. The zero-order chi connectivity index (χ0) is 26.2. The van der Waals surface area contributed by atoms with Crippen molar-refractivity contribution in [1.82, 2.24) is 20.0 Å². The van der Waals surface area contributed by atoms with Crippen LogP contribution in [0.2, 0.25) is 0 Å². The molecule has 2 heterocycles. The van der Waals surface area contributed by atoms with Crippen LogP contribution in [0.5, 0.6) is 5.75 Å². The first kappa shape index (κ1) is 25.8. The highest BCUT2D eigenvalue weighted by Gasteiger charge is 2.25. The van der Waals surface area contributed by atoms with Gasteiger partial charge in [-0.15, -0.1) is 16.8 Å². The lowest BCUT2D eigenvalue weighted by atomic mass is 10.1. The molecule has 192 valence electrons. The highest BCUT2D eigenvalue weighted by molar-refractivity contribution is 5.96. The lowest BCUT2D eigenvalue weighted by Crippen LogP contribution is -2.44. The minimum Gasteiger partial charge on any atom is -0.497 e. The topological polar surface area (TPSA) is 78.9 Å². The molecular formula is C28H30FN5O3. The number of halogens is 1. The average Bonchev–Trinajstić information content (AvgIpc) is 3.19. The van der Waals surface area contributed by atoms with Crippen LogP contribution in [-0.4, -0.2) is 78.2 Å². The molecule has 0 radical (unpaired) electrons. The summed E-state index contributed by atoms with van der Waals surface area (Å²) in [6.07, 6.45) is 2.28. The molecule has 0 aliphatic carbocycles. The third-order valence-electron chi connectivity index (χ3n) is 6.26. The highest BCUT2D eigenvalue weighted by atomic mass is 19.1. The highest BCUT2D eigenvalue weighted by Crippen LogP contribution is 2.23. The Morgan fingerprint density at radius 1 is 1.05 bits per heavy atom. The smallest absolute Gasteiger partial charge is 0.257 e. The summed E-state index contributed by atoms with van der Waals surface area (Å²) >= 11 is 0. The first-order valence-corrected chi connectivity index (χ1v) is 12.2. The number of nitrogens with zero attached hydrogens (tertiary/aromatic N) is 5. The van der Waals surface area contributed by atoms with Crippen molar-refractivity contribution in [2.45, 2.75) is 6.42 Å². The van der Waals surface area contributed by atoms with Gasteiger partial charge >= 0.3 is 0 Å². The zero-order valence-electron chi connectivity index (χ0n) is 20.8. The minimum absolute atomic E-state index is 0.0600. The predicted octanol–water partition coefficient (Wildman–Crippen LogP) is 3.66. The fourth-order valence-corrected chi connectivity index (χ4v) is 4.27. The largest absolute Gasteiger partial charge is 0.497 e. The van der Waals surface area contributed by atoms with Gasteiger partial charge in [0.1, 0.15) is 18.1 Å². The Balaban J connectivity index is 1.38. The Morgan fingerprint density at radius 3 is 2.62 bits per heavy atom. The summed E-state index contributed by atoms with van der Waals surface area (Å²) in [5, 5.41) is 8.80. The molecular weight excluding hydrogens is 473 g/mol. The summed E-state index contributed by atoms with van der Waals surface area (Å²) < 4.78 is 19.4. The van der Waals surface area contributed by atoms with Gasteiger partial charge in [0.2, 0.25) is 5.91 Å². The van der Waals surface area contributed by atoms with E-state index in [1.807, 2.05) is 36.4 Å². The van der Waals surface area contributed by atoms with E-state index >= 15 is 0 Å². The summed E-state index contributed by atoms with van der Waals surface area (Å²) in [5.74, 6) is 0.159. The standard InChI is InChI=1S/C28H30FN5O3/c1-3-14-34(28(36)23-10-4-5-11-24(23)29)20-27(35)33-16-7-15-32(17-18-33)26-13-12-25(30-31-26)21-8-6-9-22(19-21)37-2/h3-6,8-13,19H,1,7,14-18,20H2,2H3. The second kappa shape index (κ2) is 12.1. The molecule has 0 spiro atoms. The van der Waals surface area contributed by atoms with Crippen molar-refractivity contribution in [3.8, 4) is 17.0 Å². The summed E-state index contributed by atoms with van der Waals surface area (Å²) in [5.41, 5.74) is 1.60. The zero-order valence-corrected chi connectivity index (χ0v) is 20.8. The first-order valence-electron chi connectivity index (χ1n) is 12.2. The van der Waals surface area contributed by atoms with Crippen LogP contribution in [0.15, 0.2) is 73.3 Å². The summed E-state index contributed by atoms with van der Waals surface area (Å²) in [4.78, 5) is 31.1. The van der Waals surface area contributed by atoms with Crippen LogP contribution in [0, 0.1) is 5.82 Å². The lowest BCUT2D eigenvalue weighted by molar-refractivity contribution is -0.131. The number of amides is 2. The summed E-state index contributed by atoms with van der Waals surface area (Å²) in [6, 6.07) is 17.3. The Kier molecular flexibility index (Phi) is 8.45. The third kappa shape index (κ3) is 6.30. The molecule has 9 heteroatoms. The molecule has 3 aromatic rings. The third-order valence-corrected chi connectivity index (χ3v) is 6.26. The first-order chi connectivity index (χ1) is 18.0. The van der Waals surface area contributed by atoms with Crippen LogP contribution in [0.4, 0.5) is 10.2 Å². The fourth-order valence-electron chi connectivity index (χ4n) is 4.27. The van der Waals surface area contributed by atoms with Crippen LogP contribution in [0.1, 0.15) is 16.8 Å². The maximum atomic E-state index is 14.2. The second-order valence-corrected chi connectivity index (χ2v) is 8.68. The molecule has 0 unspecified atom stereocenters. The van der Waals surface area contributed by atoms with E-state index in [1.165, 1.54) is 29.2 Å². The average molecular weight is 504 g/mol. The van der Waals surface area contributed by atoms with Gasteiger partial charge in [0.05, 0.1) is 18.4 Å². The SMILES string of the molecule is C=CCN(CC(=O)N1CCCN(c2ccc(-c3cccc(OC)c3)nn2)CC1)C(=O)c1ccccc1F. The van der Waals surface area contributed by atoms with Gasteiger partial charge in [0.25, 0.3) is 5.91 Å². The Morgan fingerprint density at radius 2 is 1.89 bits per heavy atom. The number of ether oxygens (including phenoxy) is 1. The van der Waals surface area contributed by atoms with E-state index in [4.69, 9.17) is 4.74 Å². The molecule has 0 N–H and O–H groups in total. The number of anilines is 1. The van der Waals surface area contributed by atoms with Gasteiger partial charge in [0, 0.05) is 38.3 Å². The molecule has 1 aliphatic rings. The van der Waals surface area contributed by atoms with E-state index in [0.717, 1.165) is 35.8 Å². The van der Waals surface area contributed by atoms with Gasteiger partial charge in [-0.2, -0.15) is 0 Å². The van der Waals surface area contributed by atoms with Crippen LogP contribution in [0.3, 0.4) is 0 Å². The van der Waals surface area contributed by atoms with E-state index in [1.54, 1.807) is 18.1 Å². The molecule has 0 atom stereocenters.